The molecule has 0 aromatic heterocycles. The predicted molar refractivity (Wildman–Crippen MR) is 80.1 cm³/mol. The summed E-state index contributed by atoms with van der Waals surface area (Å²) in [5, 5.41) is 9.76. The van der Waals surface area contributed by atoms with Crippen LogP contribution in [-0.2, 0) is 10.0 Å². The highest BCUT2D eigenvalue weighted by Crippen LogP contribution is 2.27. The lowest BCUT2D eigenvalue weighted by Gasteiger charge is -2.11. The molecule has 0 unspecified atom stereocenters. The van der Waals surface area contributed by atoms with E-state index in [0.29, 0.717) is 11.3 Å². The normalized spacial score (nSPS) is 11.3. The number of aromatic hydroxyl groups is 1. The fourth-order valence-electron chi connectivity index (χ4n) is 1.61. The molecular formula is C13H11Cl2NO3S. The van der Waals surface area contributed by atoms with Gasteiger partial charge in [0.1, 0.15) is 5.75 Å². The molecule has 0 aliphatic heterocycles. The van der Waals surface area contributed by atoms with Gasteiger partial charge < -0.3 is 5.11 Å². The molecular weight excluding hydrogens is 321 g/mol. The molecule has 2 rings (SSSR count). The monoisotopic (exact) mass is 331 g/mol. The second kappa shape index (κ2) is 5.52. The first-order valence-electron chi connectivity index (χ1n) is 5.57. The van der Waals surface area contributed by atoms with Crippen molar-refractivity contribution in [2.75, 3.05) is 4.72 Å². The standard InChI is InChI=1S/C13H11Cl2NO3S/c1-8-6-9(17)2-5-13(8)16-20(18,19)10-3-4-11(14)12(15)7-10/h2-7,16-17H,1H3. The topological polar surface area (TPSA) is 66.4 Å². The van der Waals surface area contributed by atoms with E-state index in [-0.39, 0.29) is 20.7 Å². The Bertz CT molecular complexity index is 760. The van der Waals surface area contributed by atoms with Crippen molar-refractivity contribution in [1.82, 2.24) is 0 Å². The van der Waals surface area contributed by atoms with Crippen LogP contribution in [0.3, 0.4) is 0 Å². The molecule has 0 aliphatic rings. The maximum atomic E-state index is 12.2. The number of benzene rings is 2. The van der Waals surface area contributed by atoms with Gasteiger partial charge in [0.05, 0.1) is 20.6 Å². The van der Waals surface area contributed by atoms with Crippen molar-refractivity contribution >= 4 is 38.9 Å². The van der Waals surface area contributed by atoms with E-state index >= 15 is 0 Å². The van der Waals surface area contributed by atoms with Gasteiger partial charge in [-0.15, -0.1) is 0 Å². The van der Waals surface area contributed by atoms with Gasteiger partial charge in [-0.1, -0.05) is 23.2 Å². The molecule has 20 heavy (non-hydrogen) atoms. The lowest BCUT2D eigenvalue weighted by Crippen LogP contribution is -2.13. The number of hydrogen-bond donors (Lipinski definition) is 2. The number of sulfonamides is 1. The lowest BCUT2D eigenvalue weighted by molar-refractivity contribution is 0.475. The van der Waals surface area contributed by atoms with Crippen LogP contribution >= 0.6 is 23.2 Å². The number of aryl methyl sites for hydroxylation is 1. The van der Waals surface area contributed by atoms with E-state index in [0.717, 1.165) is 0 Å². The van der Waals surface area contributed by atoms with Crippen LogP contribution in [-0.4, -0.2) is 13.5 Å². The van der Waals surface area contributed by atoms with Crippen LogP contribution in [0, 0.1) is 6.92 Å². The van der Waals surface area contributed by atoms with Gasteiger partial charge in [-0.05, 0) is 48.9 Å². The van der Waals surface area contributed by atoms with Crippen LogP contribution in [0.5, 0.6) is 5.75 Å². The number of anilines is 1. The third kappa shape index (κ3) is 3.17. The minimum Gasteiger partial charge on any atom is -0.508 e. The number of phenols is 1. The number of phenolic OH excluding ortho intramolecular Hbond substituents is 1. The van der Waals surface area contributed by atoms with Crippen LogP contribution in [0.2, 0.25) is 10.0 Å². The summed E-state index contributed by atoms with van der Waals surface area (Å²) in [5.41, 5.74) is 0.988. The van der Waals surface area contributed by atoms with Gasteiger partial charge >= 0.3 is 0 Å². The number of rotatable bonds is 3. The number of halogens is 2. The average Bonchev–Trinajstić information content (AvgIpc) is 2.36. The van der Waals surface area contributed by atoms with E-state index in [4.69, 9.17) is 23.2 Å². The third-order valence-corrected chi connectivity index (χ3v) is 4.76. The van der Waals surface area contributed by atoms with Crippen molar-refractivity contribution in [2.24, 2.45) is 0 Å². The predicted octanol–water partition coefficient (Wildman–Crippen LogP) is 3.81. The Morgan fingerprint density at radius 1 is 1.05 bits per heavy atom. The SMILES string of the molecule is Cc1cc(O)ccc1NS(=O)(=O)c1ccc(Cl)c(Cl)c1. The Kier molecular flexibility index (Phi) is 4.13. The fraction of sp³-hybridized carbons (Fsp3) is 0.0769. The van der Waals surface area contributed by atoms with Crippen LogP contribution < -0.4 is 4.72 Å². The molecule has 0 heterocycles. The van der Waals surface area contributed by atoms with Crippen molar-refractivity contribution in [1.29, 1.82) is 0 Å². The first-order chi connectivity index (χ1) is 9.29. The molecule has 0 radical (unpaired) electrons. The largest absolute Gasteiger partial charge is 0.508 e. The Hall–Kier alpha value is -1.43. The first kappa shape index (κ1) is 15.0. The van der Waals surface area contributed by atoms with E-state index in [1.807, 2.05) is 0 Å². The van der Waals surface area contributed by atoms with Gasteiger partial charge in [0.2, 0.25) is 0 Å². The van der Waals surface area contributed by atoms with E-state index in [1.54, 1.807) is 6.92 Å². The summed E-state index contributed by atoms with van der Waals surface area (Å²) in [7, 11) is -3.76. The molecule has 106 valence electrons. The first-order valence-corrected chi connectivity index (χ1v) is 7.81. The van der Waals surface area contributed by atoms with Crippen LogP contribution in [0.25, 0.3) is 0 Å². The molecule has 2 aromatic carbocycles. The number of nitrogens with one attached hydrogen (secondary N) is 1. The molecule has 2 aromatic rings. The maximum absolute atomic E-state index is 12.2. The molecule has 0 saturated carbocycles. The average molecular weight is 332 g/mol. The van der Waals surface area contributed by atoms with E-state index in [9.17, 15) is 13.5 Å². The van der Waals surface area contributed by atoms with Crippen molar-refractivity contribution < 1.29 is 13.5 Å². The molecule has 0 atom stereocenters. The van der Waals surface area contributed by atoms with E-state index in [2.05, 4.69) is 4.72 Å². The van der Waals surface area contributed by atoms with Gasteiger partial charge in [-0.3, -0.25) is 4.72 Å². The van der Waals surface area contributed by atoms with Crippen LogP contribution in [0.15, 0.2) is 41.3 Å². The molecule has 2 N–H and O–H groups in total. The summed E-state index contributed by atoms with van der Waals surface area (Å²) < 4.78 is 26.9. The minimum atomic E-state index is -3.76. The van der Waals surface area contributed by atoms with Crippen molar-refractivity contribution in [3.05, 3.63) is 52.0 Å². The highest BCUT2D eigenvalue weighted by Gasteiger charge is 2.16. The lowest BCUT2D eigenvalue weighted by atomic mass is 10.2. The number of hydrogen-bond acceptors (Lipinski definition) is 3. The Balaban J connectivity index is 2.38. The summed E-state index contributed by atoms with van der Waals surface area (Å²) in [6, 6.07) is 8.42. The molecule has 0 spiro atoms. The zero-order valence-electron chi connectivity index (χ0n) is 10.4. The van der Waals surface area contributed by atoms with Crippen LogP contribution in [0.1, 0.15) is 5.56 Å². The van der Waals surface area contributed by atoms with Gasteiger partial charge in [-0.2, -0.15) is 0 Å². The molecule has 0 fully saturated rings. The smallest absolute Gasteiger partial charge is 0.261 e. The second-order valence-electron chi connectivity index (χ2n) is 4.18. The molecule has 0 bridgehead atoms. The van der Waals surface area contributed by atoms with E-state index in [1.165, 1.54) is 36.4 Å². The fourth-order valence-corrected chi connectivity index (χ4v) is 3.13. The second-order valence-corrected chi connectivity index (χ2v) is 6.68. The summed E-state index contributed by atoms with van der Waals surface area (Å²) >= 11 is 11.6. The maximum Gasteiger partial charge on any atom is 0.261 e. The minimum absolute atomic E-state index is 0.0133. The summed E-state index contributed by atoms with van der Waals surface area (Å²) in [6.07, 6.45) is 0. The van der Waals surface area contributed by atoms with Gasteiger partial charge in [0.25, 0.3) is 10.0 Å². The molecule has 0 aliphatic carbocycles. The van der Waals surface area contributed by atoms with Gasteiger partial charge in [0, 0.05) is 0 Å². The Morgan fingerprint density at radius 3 is 2.35 bits per heavy atom. The van der Waals surface area contributed by atoms with Gasteiger partial charge in [0.15, 0.2) is 0 Å². The zero-order valence-corrected chi connectivity index (χ0v) is 12.7. The van der Waals surface area contributed by atoms with Crippen molar-refractivity contribution in [2.45, 2.75) is 11.8 Å². The molecule has 7 heteroatoms. The molecule has 0 amide bonds. The zero-order chi connectivity index (χ0) is 14.9. The Morgan fingerprint density at radius 2 is 1.75 bits per heavy atom. The third-order valence-electron chi connectivity index (χ3n) is 2.66. The highest BCUT2D eigenvalue weighted by molar-refractivity contribution is 7.92. The molecule has 0 saturated heterocycles. The Labute approximate surface area is 127 Å². The van der Waals surface area contributed by atoms with Gasteiger partial charge in [-0.25, -0.2) is 8.42 Å². The van der Waals surface area contributed by atoms with E-state index < -0.39 is 10.0 Å². The molecule has 4 nitrogen and oxygen atoms in total. The van der Waals surface area contributed by atoms with Crippen LogP contribution in [0.4, 0.5) is 5.69 Å². The highest BCUT2D eigenvalue weighted by atomic mass is 35.5. The summed E-state index contributed by atoms with van der Waals surface area (Å²) in [6.45, 7) is 1.69. The van der Waals surface area contributed by atoms with Crippen molar-refractivity contribution in [3.8, 4) is 5.75 Å². The summed E-state index contributed by atoms with van der Waals surface area (Å²) in [4.78, 5) is 0.0133. The summed E-state index contributed by atoms with van der Waals surface area (Å²) in [5.74, 6) is 0.0694. The van der Waals surface area contributed by atoms with Crippen molar-refractivity contribution in [3.63, 3.8) is 0 Å². The quantitative estimate of drug-likeness (QED) is 0.840.